The quantitative estimate of drug-likeness (QED) is 0.489. The Balaban J connectivity index is 1.56. The highest BCUT2D eigenvalue weighted by molar-refractivity contribution is 7.13. The van der Waals surface area contributed by atoms with Gasteiger partial charge >= 0.3 is 6.09 Å². The van der Waals surface area contributed by atoms with Crippen LogP contribution in [-0.4, -0.2) is 41.6 Å². The van der Waals surface area contributed by atoms with Gasteiger partial charge in [-0.25, -0.2) is 9.78 Å². The summed E-state index contributed by atoms with van der Waals surface area (Å²) >= 11 is 7.64. The molecule has 0 radical (unpaired) electrons. The highest BCUT2D eigenvalue weighted by atomic mass is 35.5. The summed E-state index contributed by atoms with van der Waals surface area (Å²) in [6, 6.07) is 13.9. The van der Waals surface area contributed by atoms with Crippen molar-refractivity contribution in [3.05, 3.63) is 70.7 Å². The molecule has 1 saturated heterocycles. The molecule has 2 heterocycles. The SMILES string of the molecule is COc1ccc(N(C(=O)C2CCCN2C(=O)OCc2ccccc2)c2nccs2)cc1Cl. The average molecular weight is 472 g/mol. The molecule has 1 aliphatic rings. The van der Waals surface area contributed by atoms with Crippen molar-refractivity contribution in [2.24, 2.45) is 0 Å². The predicted molar refractivity (Wildman–Crippen MR) is 124 cm³/mol. The number of methoxy groups -OCH3 is 1. The second kappa shape index (κ2) is 10.0. The van der Waals surface area contributed by atoms with Crippen molar-refractivity contribution < 1.29 is 19.1 Å². The Labute approximate surface area is 195 Å². The summed E-state index contributed by atoms with van der Waals surface area (Å²) in [5, 5.41) is 2.67. The first-order chi connectivity index (χ1) is 15.6. The van der Waals surface area contributed by atoms with Crippen LogP contribution in [0.5, 0.6) is 5.75 Å². The van der Waals surface area contributed by atoms with Crippen LogP contribution >= 0.6 is 22.9 Å². The first-order valence-corrected chi connectivity index (χ1v) is 11.4. The first-order valence-electron chi connectivity index (χ1n) is 10.1. The maximum absolute atomic E-state index is 13.7. The molecule has 2 amide bonds. The zero-order valence-corrected chi connectivity index (χ0v) is 19.0. The molecule has 1 aliphatic heterocycles. The Morgan fingerprint density at radius 3 is 2.75 bits per heavy atom. The molecule has 7 nitrogen and oxygen atoms in total. The van der Waals surface area contributed by atoms with E-state index in [0.29, 0.717) is 41.0 Å². The fourth-order valence-electron chi connectivity index (χ4n) is 3.65. The number of ether oxygens (including phenoxy) is 2. The van der Waals surface area contributed by atoms with E-state index < -0.39 is 12.1 Å². The van der Waals surface area contributed by atoms with Crippen LogP contribution in [0.15, 0.2) is 60.1 Å². The fourth-order valence-corrected chi connectivity index (χ4v) is 4.56. The highest BCUT2D eigenvalue weighted by Crippen LogP contribution is 2.35. The Bertz CT molecular complexity index is 1080. The second-order valence-electron chi connectivity index (χ2n) is 7.20. The molecule has 0 N–H and O–H groups in total. The first kappa shape index (κ1) is 22.1. The number of hydrogen-bond acceptors (Lipinski definition) is 6. The number of hydrogen-bond donors (Lipinski definition) is 0. The number of benzene rings is 2. The molecule has 1 atom stereocenters. The molecule has 0 spiro atoms. The molecule has 3 aromatic rings. The average Bonchev–Trinajstić information content (AvgIpc) is 3.51. The van der Waals surface area contributed by atoms with Gasteiger partial charge in [0.25, 0.3) is 5.91 Å². The maximum atomic E-state index is 13.7. The van der Waals surface area contributed by atoms with Crippen molar-refractivity contribution in [2.45, 2.75) is 25.5 Å². The number of aromatic nitrogens is 1. The third-order valence-corrected chi connectivity index (χ3v) is 6.25. The summed E-state index contributed by atoms with van der Waals surface area (Å²) in [6.07, 6.45) is 2.39. The molecule has 1 unspecified atom stereocenters. The molecule has 166 valence electrons. The molecule has 2 aromatic carbocycles. The summed E-state index contributed by atoms with van der Waals surface area (Å²) in [6.45, 7) is 0.612. The summed E-state index contributed by atoms with van der Waals surface area (Å²) in [4.78, 5) is 33.8. The molecule has 1 fully saturated rings. The van der Waals surface area contributed by atoms with E-state index in [1.807, 2.05) is 30.3 Å². The number of nitrogens with zero attached hydrogens (tertiary/aromatic N) is 3. The van der Waals surface area contributed by atoms with E-state index in [0.717, 1.165) is 5.56 Å². The maximum Gasteiger partial charge on any atom is 0.410 e. The lowest BCUT2D eigenvalue weighted by atomic mass is 10.1. The van der Waals surface area contributed by atoms with Gasteiger partial charge in [0.2, 0.25) is 0 Å². The van der Waals surface area contributed by atoms with E-state index >= 15 is 0 Å². The number of likely N-dealkylation sites (tertiary alicyclic amines) is 1. The van der Waals surface area contributed by atoms with Crippen molar-refractivity contribution in [1.82, 2.24) is 9.88 Å². The lowest BCUT2D eigenvalue weighted by Gasteiger charge is -2.28. The number of carbonyl (C=O) groups excluding carboxylic acids is 2. The van der Waals surface area contributed by atoms with Gasteiger partial charge in [-0.05, 0) is 36.6 Å². The van der Waals surface area contributed by atoms with E-state index in [1.165, 1.54) is 28.2 Å². The molecule has 0 bridgehead atoms. The predicted octanol–water partition coefficient (Wildman–Crippen LogP) is 5.27. The van der Waals surface area contributed by atoms with Crippen molar-refractivity contribution in [3.63, 3.8) is 0 Å². The van der Waals surface area contributed by atoms with E-state index in [4.69, 9.17) is 21.1 Å². The van der Waals surface area contributed by atoms with Crippen molar-refractivity contribution in [2.75, 3.05) is 18.6 Å². The molecule has 4 rings (SSSR count). The minimum Gasteiger partial charge on any atom is -0.495 e. The molecule has 1 aromatic heterocycles. The van der Waals surface area contributed by atoms with Crippen LogP contribution in [0.25, 0.3) is 0 Å². The minimum atomic E-state index is -0.650. The van der Waals surface area contributed by atoms with Gasteiger partial charge in [0, 0.05) is 18.1 Å². The zero-order valence-electron chi connectivity index (χ0n) is 17.4. The number of rotatable bonds is 6. The highest BCUT2D eigenvalue weighted by Gasteiger charge is 2.39. The number of halogens is 1. The van der Waals surface area contributed by atoms with Gasteiger partial charge < -0.3 is 9.47 Å². The second-order valence-corrected chi connectivity index (χ2v) is 8.48. The van der Waals surface area contributed by atoms with Crippen LogP contribution in [0.3, 0.4) is 0 Å². The van der Waals surface area contributed by atoms with Crippen LogP contribution in [0.4, 0.5) is 15.6 Å². The van der Waals surface area contributed by atoms with Gasteiger partial charge in [0.1, 0.15) is 18.4 Å². The lowest BCUT2D eigenvalue weighted by molar-refractivity contribution is -0.121. The minimum absolute atomic E-state index is 0.154. The fraction of sp³-hybridized carbons (Fsp3) is 0.261. The Kier molecular flexibility index (Phi) is 6.92. The van der Waals surface area contributed by atoms with Crippen LogP contribution in [0.2, 0.25) is 5.02 Å². The number of anilines is 2. The number of thiazole rings is 1. The molecule has 0 saturated carbocycles. The van der Waals surface area contributed by atoms with Crippen molar-refractivity contribution in [1.29, 1.82) is 0 Å². The van der Waals surface area contributed by atoms with E-state index in [2.05, 4.69) is 4.98 Å². The van der Waals surface area contributed by atoms with Gasteiger partial charge in [-0.15, -0.1) is 11.3 Å². The Morgan fingerprint density at radius 1 is 1.25 bits per heavy atom. The largest absolute Gasteiger partial charge is 0.495 e. The van der Waals surface area contributed by atoms with Crippen LogP contribution < -0.4 is 9.64 Å². The third-order valence-electron chi connectivity index (χ3n) is 5.20. The lowest BCUT2D eigenvalue weighted by Crippen LogP contribution is -2.46. The Hall–Kier alpha value is -3.10. The smallest absolute Gasteiger partial charge is 0.410 e. The zero-order chi connectivity index (χ0) is 22.5. The summed E-state index contributed by atoms with van der Waals surface area (Å²) < 4.78 is 10.7. The van der Waals surface area contributed by atoms with Gasteiger partial charge in [-0.3, -0.25) is 14.6 Å². The monoisotopic (exact) mass is 471 g/mol. The third kappa shape index (κ3) is 4.71. The molecule has 0 aliphatic carbocycles. The summed E-state index contributed by atoms with van der Waals surface area (Å²) in [7, 11) is 1.53. The molecular weight excluding hydrogens is 450 g/mol. The topological polar surface area (TPSA) is 72.0 Å². The Morgan fingerprint density at radius 2 is 2.06 bits per heavy atom. The van der Waals surface area contributed by atoms with Gasteiger partial charge in [-0.2, -0.15) is 0 Å². The number of carbonyl (C=O) groups is 2. The van der Waals surface area contributed by atoms with Crippen molar-refractivity contribution in [3.8, 4) is 5.75 Å². The normalized spacial score (nSPS) is 15.4. The van der Waals surface area contributed by atoms with Crippen molar-refractivity contribution >= 4 is 45.8 Å². The molecule has 32 heavy (non-hydrogen) atoms. The van der Waals surface area contributed by atoms with Gasteiger partial charge in [0.15, 0.2) is 5.13 Å². The summed E-state index contributed by atoms with van der Waals surface area (Å²) in [5.41, 5.74) is 1.44. The van der Waals surface area contributed by atoms with Crippen LogP contribution in [0, 0.1) is 0 Å². The molecule has 9 heteroatoms. The van der Waals surface area contributed by atoms with Crippen LogP contribution in [-0.2, 0) is 16.1 Å². The standard InChI is InChI=1S/C23H22ClN3O4S/c1-30-20-10-9-17(14-18(20)24)27(22-25-11-13-32-22)21(28)19-8-5-12-26(19)23(29)31-15-16-6-3-2-4-7-16/h2-4,6-7,9-11,13-14,19H,5,8,12,15H2,1H3. The van der Waals surface area contributed by atoms with Gasteiger partial charge in [0.05, 0.1) is 17.8 Å². The van der Waals surface area contributed by atoms with Gasteiger partial charge in [-0.1, -0.05) is 41.9 Å². The number of amides is 2. The van der Waals surface area contributed by atoms with E-state index in [1.54, 1.807) is 29.8 Å². The summed E-state index contributed by atoms with van der Waals surface area (Å²) in [5.74, 6) is 0.254. The van der Waals surface area contributed by atoms with E-state index in [9.17, 15) is 9.59 Å². The molecular formula is C23H22ClN3O4S. The van der Waals surface area contributed by atoms with E-state index in [-0.39, 0.29) is 12.5 Å². The van der Waals surface area contributed by atoms with Crippen LogP contribution in [0.1, 0.15) is 18.4 Å².